The van der Waals surface area contributed by atoms with Crippen LogP contribution in [0.1, 0.15) is 29.5 Å². The first-order chi connectivity index (χ1) is 13.0. The second-order valence-electron chi connectivity index (χ2n) is 6.58. The van der Waals surface area contributed by atoms with Gasteiger partial charge in [0.15, 0.2) is 5.78 Å². The Labute approximate surface area is 157 Å². The topological polar surface area (TPSA) is 78.7 Å². The second kappa shape index (κ2) is 8.03. The van der Waals surface area contributed by atoms with E-state index >= 15 is 0 Å². The standard InChI is InChI=1S/C21H21NO5/c1-14-11-18(7-8-19(14)22(24)25)27-13-17-12-15(4-10-21(17)26-2)3-9-20(23)16-5-6-16/h3-4,7-12,16H,5-6,13H2,1-2H3/b9-3+. The number of hydrogen-bond acceptors (Lipinski definition) is 5. The lowest BCUT2D eigenvalue weighted by Gasteiger charge is -2.12. The maximum atomic E-state index is 11.8. The summed E-state index contributed by atoms with van der Waals surface area (Å²) in [5.74, 6) is 1.60. The van der Waals surface area contributed by atoms with Crippen molar-refractivity contribution in [2.75, 3.05) is 7.11 Å². The van der Waals surface area contributed by atoms with Crippen LogP contribution >= 0.6 is 0 Å². The summed E-state index contributed by atoms with van der Waals surface area (Å²) in [5.41, 5.74) is 2.32. The minimum absolute atomic E-state index is 0.0624. The largest absolute Gasteiger partial charge is 0.496 e. The zero-order valence-corrected chi connectivity index (χ0v) is 15.3. The van der Waals surface area contributed by atoms with Crippen LogP contribution in [0, 0.1) is 23.0 Å². The van der Waals surface area contributed by atoms with Crippen molar-refractivity contribution in [3.05, 3.63) is 69.3 Å². The zero-order valence-electron chi connectivity index (χ0n) is 15.3. The molecule has 0 unspecified atom stereocenters. The molecule has 1 saturated carbocycles. The maximum Gasteiger partial charge on any atom is 0.272 e. The fourth-order valence-electron chi connectivity index (χ4n) is 2.78. The third-order valence-corrected chi connectivity index (χ3v) is 4.48. The molecular weight excluding hydrogens is 346 g/mol. The van der Waals surface area contributed by atoms with E-state index in [4.69, 9.17) is 9.47 Å². The van der Waals surface area contributed by atoms with E-state index < -0.39 is 4.92 Å². The molecule has 1 fully saturated rings. The smallest absolute Gasteiger partial charge is 0.272 e. The summed E-state index contributed by atoms with van der Waals surface area (Å²) in [6.07, 6.45) is 5.41. The lowest BCUT2D eigenvalue weighted by atomic mass is 10.1. The fraction of sp³-hybridized carbons (Fsp3) is 0.286. The molecule has 3 rings (SSSR count). The molecule has 0 spiro atoms. The van der Waals surface area contributed by atoms with Crippen molar-refractivity contribution in [1.82, 2.24) is 0 Å². The lowest BCUT2D eigenvalue weighted by molar-refractivity contribution is -0.385. The number of carbonyl (C=O) groups excluding carboxylic acids is 1. The van der Waals surface area contributed by atoms with Gasteiger partial charge in [-0.15, -0.1) is 0 Å². The number of nitro benzene ring substituents is 1. The van der Waals surface area contributed by atoms with Gasteiger partial charge in [0.2, 0.25) is 0 Å². The molecule has 2 aromatic rings. The van der Waals surface area contributed by atoms with Gasteiger partial charge in [0.25, 0.3) is 5.69 Å². The third-order valence-electron chi connectivity index (χ3n) is 4.48. The highest BCUT2D eigenvalue weighted by atomic mass is 16.6. The Morgan fingerprint density at radius 2 is 2.04 bits per heavy atom. The van der Waals surface area contributed by atoms with Gasteiger partial charge < -0.3 is 9.47 Å². The average Bonchev–Trinajstić information content (AvgIpc) is 3.49. The molecule has 27 heavy (non-hydrogen) atoms. The van der Waals surface area contributed by atoms with Crippen molar-refractivity contribution in [3.63, 3.8) is 0 Å². The van der Waals surface area contributed by atoms with E-state index in [0.29, 0.717) is 17.1 Å². The molecule has 0 N–H and O–H groups in total. The highest BCUT2D eigenvalue weighted by Crippen LogP contribution is 2.30. The van der Waals surface area contributed by atoms with E-state index in [1.807, 2.05) is 18.2 Å². The summed E-state index contributed by atoms with van der Waals surface area (Å²) >= 11 is 0. The number of ether oxygens (including phenoxy) is 2. The Kier molecular flexibility index (Phi) is 5.54. The minimum atomic E-state index is -0.416. The lowest BCUT2D eigenvalue weighted by Crippen LogP contribution is -2.00. The third kappa shape index (κ3) is 4.73. The number of aryl methyl sites for hydroxylation is 1. The van der Waals surface area contributed by atoms with Crippen LogP contribution in [0.5, 0.6) is 11.5 Å². The summed E-state index contributed by atoms with van der Waals surface area (Å²) in [6, 6.07) is 10.3. The summed E-state index contributed by atoms with van der Waals surface area (Å²) in [6.45, 7) is 1.92. The number of nitrogens with zero attached hydrogens (tertiary/aromatic N) is 1. The van der Waals surface area contributed by atoms with E-state index in [-0.39, 0.29) is 24.0 Å². The Morgan fingerprint density at radius 3 is 2.67 bits per heavy atom. The van der Waals surface area contributed by atoms with Crippen molar-refractivity contribution < 1.29 is 19.2 Å². The van der Waals surface area contributed by atoms with Crippen molar-refractivity contribution in [2.24, 2.45) is 5.92 Å². The number of allylic oxidation sites excluding steroid dienone is 1. The molecule has 0 bridgehead atoms. The van der Waals surface area contributed by atoms with Gasteiger partial charge in [-0.25, -0.2) is 0 Å². The predicted molar refractivity (Wildman–Crippen MR) is 102 cm³/mol. The monoisotopic (exact) mass is 367 g/mol. The summed E-state index contributed by atoms with van der Waals surface area (Å²) in [5, 5.41) is 10.9. The predicted octanol–water partition coefficient (Wildman–Crippen LogP) is 4.48. The first-order valence-electron chi connectivity index (χ1n) is 8.74. The highest BCUT2D eigenvalue weighted by molar-refractivity contribution is 5.96. The molecule has 1 aliphatic rings. The molecule has 0 aromatic heterocycles. The van der Waals surface area contributed by atoms with Gasteiger partial charge in [0.05, 0.1) is 12.0 Å². The zero-order chi connectivity index (χ0) is 19.4. The maximum absolute atomic E-state index is 11.8. The molecule has 1 aliphatic carbocycles. The van der Waals surface area contributed by atoms with E-state index in [2.05, 4.69) is 0 Å². The van der Waals surface area contributed by atoms with Crippen LogP contribution in [0.3, 0.4) is 0 Å². The Morgan fingerprint density at radius 1 is 1.26 bits per heavy atom. The quantitative estimate of drug-likeness (QED) is 0.390. The van der Waals surface area contributed by atoms with Crippen LogP contribution in [0.4, 0.5) is 5.69 Å². The van der Waals surface area contributed by atoms with Crippen molar-refractivity contribution in [3.8, 4) is 11.5 Å². The van der Waals surface area contributed by atoms with E-state index in [1.54, 1.807) is 38.3 Å². The van der Waals surface area contributed by atoms with Crippen molar-refractivity contribution in [1.29, 1.82) is 0 Å². The number of hydrogen-bond donors (Lipinski definition) is 0. The average molecular weight is 367 g/mol. The van der Waals surface area contributed by atoms with Gasteiger partial charge in [0.1, 0.15) is 18.1 Å². The van der Waals surface area contributed by atoms with Crippen LogP contribution < -0.4 is 9.47 Å². The van der Waals surface area contributed by atoms with Gasteiger partial charge in [-0.3, -0.25) is 14.9 Å². The Hall–Kier alpha value is -3.15. The SMILES string of the molecule is COc1ccc(/C=C/C(=O)C2CC2)cc1COc1ccc([N+](=O)[O-])c(C)c1. The van der Waals surface area contributed by atoms with Crippen LogP contribution in [-0.4, -0.2) is 17.8 Å². The molecule has 0 saturated heterocycles. The van der Waals surface area contributed by atoms with Crippen LogP contribution in [0.25, 0.3) is 6.08 Å². The minimum Gasteiger partial charge on any atom is -0.496 e. The number of carbonyl (C=O) groups is 1. The van der Waals surface area contributed by atoms with Crippen molar-refractivity contribution >= 4 is 17.5 Å². The molecular formula is C21H21NO5. The number of nitro groups is 1. The Balaban J connectivity index is 1.73. The molecule has 0 radical (unpaired) electrons. The molecule has 0 amide bonds. The molecule has 2 aromatic carbocycles. The van der Waals surface area contributed by atoms with Gasteiger partial charge in [-0.05, 0) is 55.7 Å². The fourth-order valence-corrected chi connectivity index (χ4v) is 2.78. The molecule has 0 heterocycles. The molecule has 6 heteroatoms. The number of rotatable bonds is 8. The second-order valence-corrected chi connectivity index (χ2v) is 6.58. The summed E-state index contributed by atoms with van der Waals surface area (Å²) < 4.78 is 11.2. The van der Waals surface area contributed by atoms with Gasteiger partial charge in [0, 0.05) is 23.1 Å². The normalized spacial score (nSPS) is 13.6. The summed E-state index contributed by atoms with van der Waals surface area (Å²) in [4.78, 5) is 22.3. The van der Waals surface area contributed by atoms with Crippen molar-refractivity contribution in [2.45, 2.75) is 26.4 Å². The highest BCUT2D eigenvalue weighted by Gasteiger charge is 2.27. The van der Waals surface area contributed by atoms with Gasteiger partial charge in [-0.1, -0.05) is 12.1 Å². The number of methoxy groups -OCH3 is 1. The van der Waals surface area contributed by atoms with Gasteiger partial charge >= 0.3 is 0 Å². The van der Waals surface area contributed by atoms with Crippen LogP contribution in [0.15, 0.2) is 42.5 Å². The van der Waals surface area contributed by atoms with Gasteiger partial charge in [-0.2, -0.15) is 0 Å². The van der Waals surface area contributed by atoms with E-state index in [0.717, 1.165) is 24.0 Å². The number of benzene rings is 2. The molecule has 140 valence electrons. The molecule has 0 atom stereocenters. The number of ketones is 1. The first-order valence-corrected chi connectivity index (χ1v) is 8.74. The van der Waals surface area contributed by atoms with E-state index in [9.17, 15) is 14.9 Å². The van der Waals surface area contributed by atoms with Crippen LogP contribution in [0.2, 0.25) is 0 Å². The van der Waals surface area contributed by atoms with Crippen LogP contribution in [-0.2, 0) is 11.4 Å². The first kappa shape index (κ1) is 18.6. The Bertz CT molecular complexity index is 899. The van der Waals surface area contributed by atoms with E-state index in [1.165, 1.54) is 6.07 Å². The summed E-state index contributed by atoms with van der Waals surface area (Å²) in [7, 11) is 1.58. The molecule has 6 nitrogen and oxygen atoms in total. The molecule has 0 aliphatic heterocycles.